The summed E-state index contributed by atoms with van der Waals surface area (Å²) < 4.78 is 24.0. The Morgan fingerprint density at radius 1 is 0.964 bits per heavy atom. The molecular weight excluding hydrogens is 375 g/mol. The standard InChI is InChI=1S/C23H21FO3S/c1-26-19-12-13-21(27-2)23(14-19)28-22(17-6-4-3-5-7-17)15-20(25)16-8-10-18(24)11-9-16/h3-14,22H,15H2,1-2H3. The van der Waals surface area contributed by atoms with Crippen LogP contribution >= 0.6 is 11.8 Å². The Bertz CT molecular complexity index is 926. The normalized spacial score (nSPS) is 11.7. The quantitative estimate of drug-likeness (QED) is 0.348. The summed E-state index contributed by atoms with van der Waals surface area (Å²) in [4.78, 5) is 13.7. The minimum Gasteiger partial charge on any atom is -0.497 e. The van der Waals surface area contributed by atoms with Gasteiger partial charge in [-0.1, -0.05) is 30.3 Å². The van der Waals surface area contributed by atoms with Gasteiger partial charge in [-0.2, -0.15) is 0 Å². The van der Waals surface area contributed by atoms with Gasteiger partial charge in [0.15, 0.2) is 5.78 Å². The van der Waals surface area contributed by atoms with E-state index >= 15 is 0 Å². The summed E-state index contributed by atoms with van der Waals surface area (Å²) in [6.45, 7) is 0. The predicted octanol–water partition coefficient (Wildman–Crippen LogP) is 5.95. The summed E-state index contributed by atoms with van der Waals surface area (Å²) in [6.07, 6.45) is 0.278. The summed E-state index contributed by atoms with van der Waals surface area (Å²) >= 11 is 1.55. The molecular formula is C23H21FO3S. The fraction of sp³-hybridized carbons (Fsp3) is 0.174. The van der Waals surface area contributed by atoms with Crippen LogP contribution in [0.1, 0.15) is 27.6 Å². The molecule has 0 aliphatic rings. The number of halogens is 1. The molecule has 0 aliphatic heterocycles. The van der Waals surface area contributed by atoms with E-state index in [9.17, 15) is 9.18 Å². The molecule has 0 amide bonds. The Morgan fingerprint density at radius 3 is 2.32 bits per heavy atom. The minimum atomic E-state index is -0.355. The molecule has 0 fully saturated rings. The molecule has 0 saturated heterocycles. The van der Waals surface area contributed by atoms with Crippen molar-refractivity contribution < 1.29 is 18.7 Å². The maximum absolute atomic E-state index is 13.2. The molecule has 0 heterocycles. The molecule has 1 atom stereocenters. The van der Waals surface area contributed by atoms with Crippen LogP contribution in [0.15, 0.2) is 77.7 Å². The Morgan fingerprint density at radius 2 is 1.68 bits per heavy atom. The zero-order valence-corrected chi connectivity index (χ0v) is 16.5. The molecule has 3 nitrogen and oxygen atoms in total. The highest BCUT2D eigenvalue weighted by Crippen LogP contribution is 2.43. The Balaban J connectivity index is 1.90. The molecule has 3 aromatic rings. The number of benzene rings is 3. The van der Waals surface area contributed by atoms with E-state index in [2.05, 4.69) is 0 Å². The van der Waals surface area contributed by atoms with Gasteiger partial charge in [0.25, 0.3) is 0 Å². The van der Waals surface area contributed by atoms with Gasteiger partial charge in [0, 0.05) is 17.2 Å². The summed E-state index contributed by atoms with van der Waals surface area (Å²) in [6, 6.07) is 21.1. The third kappa shape index (κ3) is 4.93. The number of hydrogen-bond acceptors (Lipinski definition) is 4. The van der Waals surface area contributed by atoms with Crippen LogP contribution in [0.5, 0.6) is 11.5 Å². The van der Waals surface area contributed by atoms with E-state index in [4.69, 9.17) is 9.47 Å². The summed E-state index contributed by atoms with van der Waals surface area (Å²) in [5, 5.41) is -0.125. The lowest BCUT2D eigenvalue weighted by Gasteiger charge is -2.19. The molecule has 5 heteroatoms. The van der Waals surface area contributed by atoms with E-state index in [1.165, 1.54) is 24.3 Å². The zero-order valence-electron chi connectivity index (χ0n) is 15.7. The summed E-state index contributed by atoms with van der Waals surface area (Å²) in [5.74, 6) is 1.05. The van der Waals surface area contributed by atoms with Crippen molar-refractivity contribution >= 4 is 17.5 Å². The number of hydrogen-bond donors (Lipinski definition) is 0. The van der Waals surface area contributed by atoms with Crippen LogP contribution in [0.4, 0.5) is 4.39 Å². The van der Waals surface area contributed by atoms with E-state index in [-0.39, 0.29) is 23.3 Å². The highest BCUT2D eigenvalue weighted by Gasteiger charge is 2.21. The van der Waals surface area contributed by atoms with E-state index < -0.39 is 0 Å². The van der Waals surface area contributed by atoms with Crippen molar-refractivity contribution in [1.29, 1.82) is 0 Å². The number of rotatable bonds is 8. The number of methoxy groups -OCH3 is 2. The van der Waals surface area contributed by atoms with Crippen molar-refractivity contribution in [2.45, 2.75) is 16.6 Å². The molecule has 0 N–H and O–H groups in total. The van der Waals surface area contributed by atoms with Gasteiger partial charge in [0.05, 0.1) is 19.1 Å². The first-order valence-corrected chi connectivity index (χ1v) is 9.71. The number of Topliss-reactive ketones (excluding diaryl/α,β-unsaturated/α-hetero) is 1. The molecule has 0 aromatic heterocycles. The van der Waals surface area contributed by atoms with E-state index in [0.29, 0.717) is 5.56 Å². The number of carbonyl (C=O) groups excluding carboxylic acids is 1. The first-order valence-electron chi connectivity index (χ1n) is 8.83. The molecule has 0 bridgehead atoms. The Hall–Kier alpha value is -2.79. The van der Waals surface area contributed by atoms with Gasteiger partial charge in [-0.25, -0.2) is 4.39 Å². The van der Waals surface area contributed by atoms with E-state index in [0.717, 1.165) is 22.0 Å². The maximum atomic E-state index is 13.2. The van der Waals surface area contributed by atoms with E-state index in [1.54, 1.807) is 26.0 Å². The van der Waals surface area contributed by atoms with Crippen LogP contribution in [0, 0.1) is 5.82 Å². The van der Waals surface area contributed by atoms with Crippen LogP contribution < -0.4 is 9.47 Å². The molecule has 0 saturated carbocycles. The SMILES string of the molecule is COc1ccc(OC)c(SC(CC(=O)c2ccc(F)cc2)c2ccccc2)c1. The lowest BCUT2D eigenvalue weighted by atomic mass is 10.0. The molecule has 0 spiro atoms. The van der Waals surface area contributed by atoms with Crippen LogP contribution in [0.3, 0.4) is 0 Å². The molecule has 0 aliphatic carbocycles. The lowest BCUT2D eigenvalue weighted by Crippen LogP contribution is -2.06. The molecule has 3 aromatic carbocycles. The van der Waals surface area contributed by atoms with Gasteiger partial charge in [0.1, 0.15) is 17.3 Å². The first-order chi connectivity index (χ1) is 13.6. The Labute approximate surface area is 168 Å². The van der Waals surface area contributed by atoms with Gasteiger partial charge in [0.2, 0.25) is 0 Å². The lowest BCUT2D eigenvalue weighted by molar-refractivity contribution is 0.0982. The van der Waals surface area contributed by atoms with Crippen molar-refractivity contribution in [3.8, 4) is 11.5 Å². The molecule has 144 valence electrons. The molecule has 1 unspecified atom stereocenters. The monoisotopic (exact) mass is 396 g/mol. The smallest absolute Gasteiger partial charge is 0.164 e. The van der Waals surface area contributed by atoms with Gasteiger partial charge < -0.3 is 9.47 Å². The van der Waals surface area contributed by atoms with Crippen LogP contribution in [-0.2, 0) is 0 Å². The van der Waals surface area contributed by atoms with Crippen LogP contribution in [0.2, 0.25) is 0 Å². The fourth-order valence-electron chi connectivity index (χ4n) is 2.85. The van der Waals surface area contributed by atoms with E-state index in [1.807, 2.05) is 48.5 Å². The third-order valence-corrected chi connectivity index (χ3v) is 5.64. The van der Waals surface area contributed by atoms with Gasteiger partial charge in [-0.05, 0) is 48.0 Å². The summed E-state index contributed by atoms with van der Waals surface area (Å²) in [5.41, 5.74) is 1.54. The Kier molecular flexibility index (Phi) is 6.71. The van der Waals surface area contributed by atoms with Crippen molar-refractivity contribution in [3.05, 3.63) is 89.7 Å². The molecule has 0 radical (unpaired) electrons. The van der Waals surface area contributed by atoms with Crippen molar-refractivity contribution in [2.24, 2.45) is 0 Å². The largest absolute Gasteiger partial charge is 0.497 e. The minimum absolute atomic E-state index is 0.0387. The first kappa shape index (κ1) is 20.0. The summed E-state index contributed by atoms with van der Waals surface area (Å²) in [7, 11) is 3.23. The van der Waals surface area contributed by atoms with Crippen molar-refractivity contribution in [3.63, 3.8) is 0 Å². The second kappa shape index (κ2) is 9.42. The predicted molar refractivity (Wildman–Crippen MR) is 110 cm³/mol. The molecule has 28 heavy (non-hydrogen) atoms. The number of thioether (sulfide) groups is 1. The number of ether oxygens (including phenoxy) is 2. The average molecular weight is 396 g/mol. The fourth-order valence-corrected chi connectivity index (χ4v) is 4.13. The topological polar surface area (TPSA) is 35.5 Å². The number of ketones is 1. The maximum Gasteiger partial charge on any atom is 0.164 e. The van der Waals surface area contributed by atoms with Crippen LogP contribution in [-0.4, -0.2) is 20.0 Å². The second-order valence-corrected chi connectivity index (χ2v) is 7.41. The van der Waals surface area contributed by atoms with Crippen LogP contribution in [0.25, 0.3) is 0 Å². The highest BCUT2D eigenvalue weighted by molar-refractivity contribution is 7.99. The van der Waals surface area contributed by atoms with Crippen molar-refractivity contribution in [1.82, 2.24) is 0 Å². The highest BCUT2D eigenvalue weighted by atomic mass is 32.2. The number of carbonyl (C=O) groups is 1. The van der Waals surface area contributed by atoms with Gasteiger partial charge in [-0.15, -0.1) is 11.8 Å². The van der Waals surface area contributed by atoms with Gasteiger partial charge in [-0.3, -0.25) is 4.79 Å². The zero-order chi connectivity index (χ0) is 19.9. The second-order valence-electron chi connectivity index (χ2n) is 6.17. The van der Waals surface area contributed by atoms with Gasteiger partial charge >= 0.3 is 0 Å². The van der Waals surface area contributed by atoms with Crippen molar-refractivity contribution in [2.75, 3.05) is 14.2 Å². The third-order valence-electron chi connectivity index (χ3n) is 4.35. The average Bonchev–Trinajstić information content (AvgIpc) is 2.74. The molecule has 3 rings (SSSR count).